The minimum Gasteiger partial charge on any atom is -0.355 e. The van der Waals surface area contributed by atoms with Crippen molar-refractivity contribution in [2.75, 3.05) is 38.6 Å². The van der Waals surface area contributed by atoms with Crippen molar-refractivity contribution in [1.29, 1.82) is 0 Å². The molecular weight excluding hydrogens is 456 g/mol. The number of likely N-dealkylation sites (N-methyl/N-ethyl adjacent to an activating group) is 1. The molecule has 0 unspecified atom stereocenters. The number of unbranched alkanes of at least 4 members (excludes halogenated alkanes) is 2. The maximum atomic E-state index is 13.4. The van der Waals surface area contributed by atoms with Gasteiger partial charge in [-0.15, -0.1) is 0 Å². The van der Waals surface area contributed by atoms with Crippen molar-refractivity contribution in [3.63, 3.8) is 0 Å². The maximum Gasteiger partial charge on any atom is 0.265 e. The predicted molar refractivity (Wildman–Crippen MR) is 141 cm³/mol. The molecule has 9 heteroatoms. The number of hydrogen-bond donors (Lipinski definition) is 3. The van der Waals surface area contributed by atoms with Crippen LogP contribution >= 0.6 is 0 Å². The van der Waals surface area contributed by atoms with E-state index >= 15 is 0 Å². The van der Waals surface area contributed by atoms with E-state index in [2.05, 4.69) is 35.2 Å². The lowest BCUT2D eigenvalue weighted by atomic mass is 10.1. The van der Waals surface area contributed by atoms with Gasteiger partial charge in [0.05, 0.1) is 13.1 Å². The molecule has 1 aliphatic heterocycles. The van der Waals surface area contributed by atoms with Gasteiger partial charge in [-0.1, -0.05) is 50.1 Å². The van der Waals surface area contributed by atoms with E-state index in [1.807, 2.05) is 30.1 Å². The van der Waals surface area contributed by atoms with E-state index in [9.17, 15) is 14.4 Å². The summed E-state index contributed by atoms with van der Waals surface area (Å²) >= 11 is 0. The summed E-state index contributed by atoms with van der Waals surface area (Å²) in [5, 5.41) is 6.60. The fraction of sp³-hybridized carbons (Fsp3) is 0.444. The summed E-state index contributed by atoms with van der Waals surface area (Å²) in [5.74, 6) is -0.577. The maximum absolute atomic E-state index is 13.4. The normalized spacial score (nSPS) is 12.7. The standard InChI is InChI=1S/C27H38N6O3/c1-5-6-9-14-29-25(34)18-32(24-15-21(13-12-20(24)2)27(36)30-28-3)19-26(35)31(4)33-16-22-10-7-8-11-23(22)17-33/h7-8,10-13,15,28H,5-6,9,14,16-19H2,1-4H3,(H,29,34)(H,30,36). The van der Waals surface area contributed by atoms with Gasteiger partial charge < -0.3 is 10.2 Å². The van der Waals surface area contributed by atoms with Crippen molar-refractivity contribution in [2.45, 2.75) is 46.2 Å². The molecule has 3 amide bonds. The molecule has 0 aromatic heterocycles. The number of nitrogens with zero attached hydrogens (tertiary/aromatic N) is 3. The molecule has 0 aliphatic carbocycles. The molecule has 194 valence electrons. The summed E-state index contributed by atoms with van der Waals surface area (Å²) < 4.78 is 0. The zero-order chi connectivity index (χ0) is 26.1. The van der Waals surface area contributed by atoms with Gasteiger partial charge in [-0.05, 0) is 42.2 Å². The van der Waals surface area contributed by atoms with Crippen molar-refractivity contribution in [2.24, 2.45) is 0 Å². The lowest BCUT2D eigenvalue weighted by Crippen LogP contribution is -2.48. The second-order valence-electron chi connectivity index (χ2n) is 9.13. The topological polar surface area (TPSA) is 97.0 Å². The van der Waals surface area contributed by atoms with Crippen molar-refractivity contribution in [3.05, 3.63) is 64.7 Å². The highest BCUT2D eigenvalue weighted by molar-refractivity contribution is 5.95. The van der Waals surface area contributed by atoms with Gasteiger partial charge in [0.1, 0.15) is 0 Å². The highest BCUT2D eigenvalue weighted by Crippen LogP contribution is 2.25. The van der Waals surface area contributed by atoms with E-state index in [-0.39, 0.29) is 30.8 Å². The summed E-state index contributed by atoms with van der Waals surface area (Å²) in [6, 6.07) is 13.4. The molecule has 0 saturated carbocycles. The molecule has 3 rings (SSSR count). The Morgan fingerprint density at radius 1 is 1.00 bits per heavy atom. The molecule has 0 bridgehead atoms. The third kappa shape index (κ3) is 7.05. The van der Waals surface area contributed by atoms with Gasteiger partial charge in [-0.2, -0.15) is 0 Å². The lowest BCUT2D eigenvalue weighted by molar-refractivity contribution is -0.145. The van der Waals surface area contributed by atoms with Crippen LogP contribution in [0.3, 0.4) is 0 Å². The number of amides is 3. The zero-order valence-corrected chi connectivity index (χ0v) is 21.8. The van der Waals surface area contributed by atoms with Gasteiger partial charge in [0.15, 0.2) is 0 Å². The highest BCUT2D eigenvalue weighted by Gasteiger charge is 2.27. The smallest absolute Gasteiger partial charge is 0.265 e. The number of carbonyl (C=O) groups is 3. The molecule has 9 nitrogen and oxygen atoms in total. The van der Waals surface area contributed by atoms with Crippen LogP contribution in [0.15, 0.2) is 42.5 Å². The molecule has 0 fully saturated rings. The molecular formula is C27H38N6O3. The van der Waals surface area contributed by atoms with Crippen LogP contribution in [-0.4, -0.2) is 61.5 Å². The van der Waals surface area contributed by atoms with E-state index in [4.69, 9.17) is 0 Å². The van der Waals surface area contributed by atoms with Crippen LogP contribution in [0.2, 0.25) is 0 Å². The van der Waals surface area contributed by atoms with Crippen LogP contribution in [0.1, 0.15) is 53.2 Å². The summed E-state index contributed by atoms with van der Waals surface area (Å²) in [4.78, 5) is 40.4. The van der Waals surface area contributed by atoms with Crippen molar-refractivity contribution in [3.8, 4) is 0 Å². The Morgan fingerprint density at radius 2 is 1.69 bits per heavy atom. The average Bonchev–Trinajstić information content (AvgIpc) is 3.30. The molecule has 36 heavy (non-hydrogen) atoms. The van der Waals surface area contributed by atoms with E-state index in [1.54, 1.807) is 36.1 Å². The first-order chi connectivity index (χ1) is 17.3. The fourth-order valence-electron chi connectivity index (χ4n) is 4.29. The molecule has 1 aliphatic rings. The summed E-state index contributed by atoms with van der Waals surface area (Å²) in [6.45, 7) is 5.97. The fourth-order valence-corrected chi connectivity index (χ4v) is 4.29. The molecule has 0 radical (unpaired) electrons. The molecule has 0 atom stereocenters. The second kappa shape index (κ2) is 13.0. The van der Waals surface area contributed by atoms with E-state index in [0.717, 1.165) is 24.8 Å². The Balaban J connectivity index is 1.77. The number of hydrogen-bond acceptors (Lipinski definition) is 6. The Hall–Kier alpha value is -3.43. The highest BCUT2D eigenvalue weighted by atomic mass is 16.2. The summed E-state index contributed by atoms with van der Waals surface area (Å²) in [6.07, 6.45) is 3.04. The van der Waals surface area contributed by atoms with Gasteiger partial charge in [0, 0.05) is 45.0 Å². The first-order valence-corrected chi connectivity index (χ1v) is 12.5. The number of aryl methyl sites for hydroxylation is 1. The second-order valence-corrected chi connectivity index (χ2v) is 9.13. The molecule has 2 aromatic rings. The number of carbonyl (C=O) groups excluding carboxylic acids is 3. The molecule has 3 N–H and O–H groups in total. The van der Waals surface area contributed by atoms with Crippen molar-refractivity contribution in [1.82, 2.24) is 26.2 Å². The number of nitrogens with one attached hydrogen (secondary N) is 3. The summed E-state index contributed by atoms with van der Waals surface area (Å²) in [5.41, 5.74) is 9.61. The number of anilines is 1. The SMILES string of the molecule is CCCCCNC(=O)CN(CC(=O)N(C)N1Cc2ccccc2C1)c1cc(C(=O)NNC)ccc1C. The zero-order valence-electron chi connectivity index (χ0n) is 21.8. The number of rotatable bonds is 12. The average molecular weight is 495 g/mol. The predicted octanol–water partition coefficient (Wildman–Crippen LogP) is 2.36. The van der Waals surface area contributed by atoms with Crippen molar-refractivity contribution >= 4 is 23.4 Å². The first kappa shape index (κ1) is 27.2. The lowest BCUT2D eigenvalue weighted by Gasteiger charge is -2.32. The van der Waals surface area contributed by atoms with Gasteiger partial charge in [0.2, 0.25) is 5.91 Å². The summed E-state index contributed by atoms with van der Waals surface area (Å²) in [7, 11) is 3.38. The Morgan fingerprint density at radius 3 is 2.33 bits per heavy atom. The van der Waals surface area contributed by atoms with E-state index in [1.165, 1.54) is 11.1 Å². The van der Waals surface area contributed by atoms with Crippen LogP contribution in [0.25, 0.3) is 0 Å². The minimum atomic E-state index is -0.291. The first-order valence-electron chi connectivity index (χ1n) is 12.5. The van der Waals surface area contributed by atoms with Crippen molar-refractivity contribution < 1.29 is 14.4 Å². The number of benzene rings is 2. The van der Waals surface area contributed by atoms with Gasteiger partial charge in [-0.3, -0.25) is 24.8 Å². The Labute approximate surface area is 213 Å². The largest absolute Gasteiger partial charge is 0.355 e. The van der Waals surface area contributed by atoms with E-state index < -0.39 is 0 Å². The Bertz CT molecular complexity index is 1050. The third-order valence-corrected chi connectivity index (χ3v) is 6.42. The molecule has 0 saturated heterocycles. The number of fused-ring (bicyclic) bond motifs is 1. The van der Waals surface area contributed by atoms with E-state index in [0.29, 0.717) is 30.9 Å². The quantitative estimate of drug-likeness (QED) is 0.310. The van der Waals surface area contributed by atoms with Crippen LogP contribution in [0, 0.1) is 6.92 Å². The number of hydrazine groups is 2. The third-order valence-electron chi connectivity index (χ3n) is 6.42. The minimum absolute atomic E-state index is 0.00364. The Kier molecular flexibility index (Phi) is 9.84. The molecule has 2 aromatic carbocycles. The van der Waals surface area contributed by atoms with Gasteiger partial charge in [-0.25, -0.2) is 10.4 Å². The monoisotopic (exact) mass is 494 g/mol. The van der Waals surface area contributed by atoms with Crippen LogP contribution in [-0.2, 0) is 22.7 Å². The van der Waals surface area contributed by atoms with Crippen LogP contribution in [0.5, 0.6) is 0 Å². The molecule has 1 heterocycles. The van der Waals surface area contributed by atoms with Crippen LogP contribution < -0.4 is 21.1 Å². The van der Waals surface area contributed by atoms with Crippen LogP contribution in [0.4, 0.5) is 5.69 Å². The van der Waals surface area contributed by atoms with Gasteiger partial charge >= 0.3 is 0 Å². The molecule has 0 spiro atoms. The van der Waals surface area contributed by atoms with Gasteiger partial charge in [0.25, 0.3) is 11.8 Å².